The highest BCUT2D eigenvalue weighted by molar-refractivity contribution is 7.92. The van der Waals surface area contributed by atoms with E-state index in [1.54, 1.807) is 36.9 Å². The number of sulfone groups is 1. The molecule has 1 aliphatic rings. The van der Waals surface area contributed by atoms with Crippen molar-refractivity contribution in [2.75, 3.05) is 13.1 Å². The van der Waals surface area contributed by atoms with E-state index in [2.05, 4.69) is 0 Å². The molecule has 1 fully saturated rings. The summed E-state index contributed by atoms with van der Waals surface area (Å²) in [6.07, 6.45) is 1.75. The van der Waals surface area contributed by atoms with Crippen LogP contribution in [-0.4, -0.2) is 43.6 Å². The standard InChI is InChI=1S/C15H22N2O3S.ClH/c1-11(2)21(19,20)14-8-4-3-7-13(14)15(18)17-9-5-6-12(16)10-17;/h3-4,7-8,11-12H,5-6,9-10,16H2,1-2H3;1H. The SMILES string of the molecule is CC(C)S(=O)(=O)c1ccccc1C(=O)N1CCCC(N)C1.Cl. The molecule has 5 nitrogen and oxygen atoms in total. The molecule has 1 amide bonds. The second-order valence-corrected chi connectivity index (χ2v) is 8.22. The molecular weight excluding hydrogens is 324 g/mol. The van der Waals surface area contributed by atoms with E-state index in [1.165, 1.54) is 6.07 Å². The van der Waals surface area contributed by atoms with Gasteiger partial charge >= 0.3 is 0 Å². The Kier molecular flexibility index (Phi) is 6.40. The third-order valence-electron chi connectivity index (χ3n) is 3.79. The summed E-state index contributed by atoms with van der Waals surface area (Å²) in [5, 5.41) is -0.560. The van der Waals surface area contributed by atoms with Gasteiger partial charge in [0.05, 0.1) is 15.7 Å². The Morgan fingerprint density at radius 2 is 1.95 bits per heavy atom. The molecule has 2 N–H and O–H groups in total. The number of halogens is 1. The molecule has 0 bridgehead atoms. The van der Waals surface area contributed by atoms with Gasteiger partial charge in [0.25, 0.3) is 5.91 Å². The Labute approximate surface area is 138 Å². The summed E-state index contributed by atoms with van der Waals surface area (Å²) >= 11 is 0. The largest absolute Gasteiger partial charge is 0.337 e. The van der Waals surface area contributed by atoms with Gasteiger partial charge in [0.2, 0.25) is 0 Å². The summed E-state index contributed by atoms with van der Waals surface area (Å²) in [6, 6.07) is 6.39. The van der Waals surface area contributed by atoms with Crippen LogP contribution in [0.2, 0.25) is 0 Å². The molecule has 2 rings (SSSR count). The summed E-state index contributed by atoms with van der Waals surface area (Å²) in [5.74, 6) is -0.245. The van der Waals surface area contributed by atoms with Gasteiger partial charge in [-0.1, -0.05) is 12.1 Å². The third-order valence-corrected chi connectivity index (χ3v) is 6.00. The van der Waals surface area contributed by atoms with Gasteiger partial charge in [0, 0.05) is 19.1 Å². The summed E-state index contributed by atoms with van der Waals surface area (Å²) in [7, 11) is -3.48. The molecule has 1 aromatic rings. The van der Waals surface area contributed by atoms with Gasteiger partial charge in [-0.25, -0.2) is 8.42 Å². The highest BCUT2D eigenvalue weighted by atomic mass is 35.5. The van der Waals surface area contributed by atoms with E-state index in [0.717, 1.165) is 12.8 Å². The lowest BCUT2D eigenvalue weighted by molar-refractivity contribution is 0.0705. The zero-order valence-electron chi connectivity index (χ0n) is 12.9. The molecule has 7 heteroatoms. The maximum Gasteiger partial charge on any atom is 0.255 e. The summed E-state index contributed by atoms with van der Waals surface area (Å²) in [4.78, 5) is 14.4. The van der Waals surface area contributed by atoms with Crippen molar-refractivity contribution in [2.45, 2.75) is 42.9 Å². The molecule has 0 aromatic heterocycles. The number of rotatable bonds is 3. The van der Waals surface area contributed by atoms with Crippen molar-refractivity contribution in [1.29, 1.82) is 0 Å². The van der Waals surface area contributed by atoms with Gasteiger partial charge in [-0.15, -0.1) is 12.4 Å². The fourth-order valence-corrected chi connectivity index (χ4v) is 3.75. The Balaban J connectivity index is 0.00000242. The monoisotopic (exact) mass is 346 g/mol. The molecule has 1 unspecified atom stereocenters. The van der Waals surface area contributed by atoms with E-state index in [0.29, 0.717) is 13.1 Å². The Morgan fingerprint density at radius 1 is 1.32 bits per heavy atom. The Morgan fingerprint density at radius 3 is 2.55 bits per heavy atom. The second-order valence-electron chi connectivity index (χ2n) is 5.74. The average Bonchev–Trinajstić information content (AvgIpc) is 2.46. The molecule has 1 aromatic carbocycles. The summed E-state index contributed by atoms with van der Waals surface area (Å²) in [6.45, 7) is 4.35. The first kappa shape index (κ1) is 18.9. The number of hydrogen-bond donors (Lipinski definition) is 1. The van der Waals surface area contributed by atoms with Crippen molar-refractivity contribution in [3.63, 3.8) is 0 Å². The number of piperidine rings is 1. The average molecular weight is 347 g/mol. The van der Waals surface area contributed by atoms with Crippen molar-refractivity contribution in [3.8, 4) is 0 Å². The number of benzene rings is 1. The lowest BCUT2D eigenvalue weighted by atomic mass is 10.1. The maximum absolute atomic E-state index is 12.6. The van der Waals surface area contributed by atoms with E-state index in [9.17, 15) is 13.2 Å². The minimum atomic E-state index is -3.48. The molecule has 1 heterocycles. The van der Waals surface area contributed by atoms with E-state index < -0.39 is 15.1 Å². The molecule has 1 aliphatic heterocycles. The number of nitrogens with zero attached hydrogens (tertiary/aromatic N) is 1. The van der Waals surface area contributed by atoms with Crippen LogP contribution in [0.1, 0.15) is 37.0 Å². The van der Waals surface area contributed by atoms with Crippen LogP contribution >= 0.6 is 12.4 Å². The van der Waals surface area contributed by atoms with Gasteiger partial charge in [-0.2, -0.15) is 0 Å². The van der Waals surface area contributed by atoms with Crippen molar-refractivity contribution in [1.82, 2.24) is 4.90 Å². The van der Waals surface area contributed by atoms with Crippen LogP contribution < -0.4 is 5.73 Å². The molecule has 1 atom stereocenters. The predicted octanol–water partition coefficient (Wildman–Crippen LogP) is 1.85. The number of carbonyl (C=O) groups excluding carboxylic acids is 1. The van der Waals surface area contributed by atoms with Gasteiger partial charge < -0.3 is 10.6 Å². The molecule has 0 spiro atoms. The van der Waals surface area contributed by atoms with Crippen molar-refractivity contribution < 1.29 is 13.2 Å². The lowest BCUT2D eigenvalue weighted by Crippen LogP contribution is -2.46. The van der Waals surface area contributed by atoms with Gasteiger partial charge in [-0.05, 0) is 38.8 Å². The number of likely N-dealkylation sites (tertiary alicyclic amines) is 1. The quantitative estimate of drug-likeness (QED) is 0.905. The van der Waals surface area contributed by atoms with Gasteiger partial charge in [-0.3, -0.25) is 4.79 Å². The van der Waals surface area contributed by atoms with Crippen LogP contribution in [0.15, 0.2) is 29.2 Å². The van der Waals surface area contributed by atoms with Crippen LogP contribution in [0.5, 0.6) is 0 Å². The number of nitrogens with two attached hydrogens (primary N) is 1. The van der Waals surface area contributed by atoms with E-state index in [-0.39, 0.29) is 34.8 Å². The molecular formula is C15H23ClN2O3S. The normalized spacial score (nSPS) is 18.9. The number of amides is 1. The van der Waals surface area contributed by atoms with Crippen LogP contribution in [-0.2, 0) is 9.84 Å². The van der Waals surface area contributed by atoms with Crippen LogP contribution in [0, 0.1) is 0 Å². The molecule has 0 radical (unpaired) electrons. The molecule has 1 saturated heterocycles. The van der Waals surface area contributed by atoms with E-state index in [4.69, 9.17) is 5.73 Å². The van der Waals surface area contributed by atoms with Crippen LogP contribution in [0.4, 0.5) is 0 Å². The zero-order valence-corrected chi connectivity index (χ0v) is 14.5. The molecule has 22 heavy (non-hydrogen) atoms. The van der Waals surface area contributed by atoms with Crippen molar-refractivity contribution >= 4 is 28.2 Å². The molecule has 0 saturated carbocycles. The fourth-order valence-electron chi connectivity index (χ4n) is 2.51. The summed E-state index contributed by atoms with van der Waals surface area (Å²) in [5.41, 5.74) is 6.15. The van der Waals surface area contributed by atoms with Crippen molar-refractivity contribution in [3.05, 3.63) is 29.8 Å². The third kappa shape index (κ3) is 3.80. The van der Waals surface area contributed by atoms with E-state index >= 15 is 0 Å². The zero-order chi connectivity index (χ0) is 15.6. The Hall–Kier alpha value is -1.11. The molecule has 124 valence electrons. The van der Waals surface area contributed by atoms with E-state index in [1.807, 2.05) is 0 Å². The first-order valence-corrected chi connectivity index (χ1v) is 8.76. The fraction of sp³-hybridized carbons (Fsp3) is 0.533. The minimum Gasteiger partial charge on any atom is -0.337 e. The molecule has 0 aliphatic carbocycles. The van der Waals surface area contributed by atoms with Crippen molar-refractivity contribution in [2.24, 2.45) is 5.73 Å². The number of carbonyl (C=O) groups is 1. The van der Waals surface area contributed by atoms with Crippen LogP contribution in [0.25, 0.3) is 0 Å². The van der Waals surface area contributed by atoms with Gasteiger partial charge in [0.1, 0.15) is 0 Å². The maximum atomic E-state index is 12.6. The first-order chi connectivity index (χ1) is 9.84. The lowest BCUT2D eigenvalue weighted by Gasteiger charge is -2.31. The smallest absolute Gasteiger partial charge is 0.255 e. The van der Waals surface area contributed by atoms with Crippen LogP contribution in [0.3, 0.4) is 0 Å². The first-order valence-electron chi connectivity index (χ1n) is 7.22. The highest BCUT2D eigenvalue weighted by Gasteiger charge is 2.29. The predicted molar refractivity (Wildman–Crippen MR) is 89.1 cm³/mol. The van der Waals surface area contributed by atoms with Gasteiger partial charge in [0.15, 0.2) is 9.84 Å². The minimum absolute atomic E-state index is 0. The second kappa shape index (κ2) is 7.44. The topological polar surface area (TPSA) is 80.5 Å². The highest BCUT2D eigenvalue weighted by Crippen LogP contribution is 2.23. The number of hydrogen-bond acceptors (Lipinski definition) is 4. The Bertz CT molecular complexity index is 631. The summed E-state index contributed by atoms with van der Waals surface area (Å²) < 4.78 is 24.8.